The molecule has 2 aromatic rings. The largest absolute Gasteiger partial charge is 0.349 e. The number of aryl methyl sites for hydroxylation is 1. The summed E-state index contributed by atoms with van der Waals surface area (Å²) in [5.41, 5.74) is 2.29. The van der Waals surface area contributed by atoms with Crippen LogP contribution in [-0.2, 0) is 4.79 Å². The van der Waals surface area contributed by atoms with Gasteiger partial charge in [0.1, 0.15) is 0 Å². The number of hydrogen-bond acceptors (Lipinski definition) is 2. The van der Waals surface area contributed by atoms with Gasteiger partial charge < -0.3 is 10.2 Å². The predicted octanol–water partition coefficient (Wildman–Crippen LogP) is 4.74. The lowest BCUT2D eigenvalue weighted by Crippen LogP contribution is -2.46. The number of rotatable bonds is 4. The maximum atomic E-state index is 12.5. The second-order valence-corrected chi connectivity index (χ2v) is 7.67. The molecule has 0 atom stereocenters. The van der Waals surface area contributed by atoms with Crippen LogP contribution in [0.2, 0.25) is 10.0 Å². The molecule has 6 heteroatoms. The first-order valence-electron chi connectivity index (χ1n) is 9.23. The Kier molecular flexibility index (Phi) is 6.76. The summed E-state index contributed by atoms with van der Waals surface area (Å²) in [6.07, 6.45) is 4.60. The van der Waals surface area contributed by atoms with E-state index in [0.717, 1.165) is 18.4 Å². The van der Waals surface area contributed by atoms with E-state index in [-0.39, 0.29) is 17.9 Å². The zero-order valence-electron chi connectivity index (χ0n) is 15.6. The van der Waals surface area contributed by atoms with Gasteiger partial charge in [-0.2, -0.15) is 0 Å². The normalized spacial score (nSPS) is 15.0. The molecule has 1 N–H and O–H groups in total. The minimum atomic E-state index is -0.0836. The lowest BCUT2D eigenvalue weighted by atomic mass is 10.0. The number of likely N-dealkylation sites (tertiary alicyclic amines) is 1. The van der Waals surface area contributed by atoms with Crippen molar-refractivity contribution >= 4 is 41.1 Å². The molecule has 1 aliphatic heterocycles. The van der Waals surface area contributed by atoms with Crippen LogP contribution in [0.25, 0.3) is 6.08 Å². The quantitative estimate of drug-likeness (QED) is 0.731. The van der Waals surface area contributed by atoms with Crippen molar-refractivity contribution in [3.05, 3.63) is 75.3 Å². The number of halogens is 2. The van der Waals surface area contributed by atoms with Gasteiger partial charge in [0.15, 0.2) is 0 Å². The second-order valence-electron chi connectivity index (χ2n) is 6.86. The maximum Gasteiger partial charge on any atom is 0.251 e. The summed E-state index contributed by atoms with van der Waals surface area (Å²) in [4.78, 5) is 26.7. The van der Waals surface area contributed by atoms with Gasteiger partial charge in [0.05, 0.1) is 0 Å². The van der Waals surface area contributed by atoms with Crippen molar-refractivity contribution in [2.45, 2.75) is 25.8 Å². The first kappa shape index (κ1) is 20.4. The highest BCUT2D eigenvalue weighted by atomic mass is 35.5. The zero-order chi connectivity index (χ0) is 20.1. The third kappa shape index (κ3) is 4.94. The van der Waals surface area contributed by atoms with E-state index in [2.05, 4.69) is 5.32 Å². The van der Waals surface area contributed by atoms with Crippen LogP contribution >= 0.6 is 23.2 Å². The molecule has 0 unspecified atom stereocenters. The number of piperidine rings is 1. The fourth-order valence-corrected chi connectivity index (χ4v) is 3.79. The van der Waals surface area contributed by atoms with Crippen molar-refractivity contribution in [2.75, 3.05) is 13.1 Å². The van der Waals surface area contributed by atoms with E-state index in [1.165, 1.54) is 6.08 Å². The van der Waals surface area contributed by atoms with E-state index < -0.39 is 0 Å². The van der Waals surface area contributed by atoms with Gasteiger partial charge in [-0.05, 0) is 49.6 Å². The van der Waals surface area contributed by atoms with Crippen LogP contribution in [0.1, 0.15) is 34.3 Å². The minimum absolute atomic E-state index is 0.0591. The Bertz CT molecular complexity index is 883. The molecular weight excluding hydrogens is 395 g/mol. The maximum absolute atomic E-state index is 12.5. The van der Waals surface area contributed by atoms with Gasteiger partial charge in [0.2, 0.25) is 5.91 Å². The van der Waals surface area contributed by atoms with Crippen molar-refractivity contribution in [3.63, 3.8) is 0 Å². The lowest BCUT2D eigenvalue weighted by molar-refractivity contribution is -0.126. The number of carbonyl (C=O) groups is 2. The molecule has 1 saturated heterocycles. The molecule has 1 heterocycles. The SMILES string of the molecule is Cc1ccccc1C(=O)NC1CCN(C(=O)/C=C/c2c(Cl)cccc2Cl)CC1. The molecule has 0 bridgehead atoms. The van der Waals surface area contributed by atoms with Gasteiger partial charge in [-0.3, -0.25) is 9.59 Å². The Morgan fingerprint density at radius 3 is 2.32 bits per heavy atom. The summed E-state index contributed by atoms with van der Waals surface area (Å²) < 4.78 is 0. The number of amides is 2. The van der Waals surface area contributed by atoms with Crippen LogP contribution in [0, 0.1) is 6.92 Å². The van der Waals surface area contributed by atoms with Gasteiger partial charge >= 0.3 is 0 Å². The molecule has 0 aliphatic carbocycles. The third-order valence-electron chi connectivity index (χ3n) is 4.92. The van der Waals surface area contributed by atoms with E-state index in [4.69, 9.17) is 23.2 Å². The van der Waals surface area contributed by atoms with E-state index in [0.29, 0.717) is 34.3 Å². The first-order chi connectivity index (χ1) is 13.5. The molecule has 2 aromatic carbocycles. The summed E-state index contributed by atoms with van der Waals surface area (Å²) in [6.45, 7) is 3.12. The smallest absolute Gasteiger partial charge is 0.251 e. The molecule has 1 fully saturated rings. The number of benzene rings is 2. The highest BCUT2D eigenvalue weighted by Crippen LogP contribution is 2.25. The van der Waals surface area contributed by atoms with Crippen molar-refractivity contribution < 1.29 is 9.59 Å². The van der Waals surface area contributed by atoms with E-state index in [1.807, 2.05) is 31.2 Å². The van der Waals surface area contributed by atoms with Gasteiger partial charge in [-0.1, -0.05) is 47.5 Å². The van der Waals surface area contributed by atoms with Crippen molar-refractivity contribution in [1.82, 2.24) is 10.2 Å². The molecule has 4 nitrogen and oxygen atoms in total. The average molecular weight is 417 g/mol. The van der Waals surface area contributed by atoms with Crippen LogP contribution in [0.4, 0.5) is 0 Å². The van der Waals surface area contributed by atoms with E-state index in [1.54, 1.807) is 29.2 Å². The fraction of sp³-hybridized carbons (Fsp3) is 0.273. The van der Waals surface area contributed by atoms with Crippen LogP contribution in [0.3, 0.4) is 0 Å². The number of carbonyl (C=O) groups excluding carboxylic acids is 2. The summed E-state index contributed by atoms with van der Waals surface area (Å²) >= 11 is 12.3. The van der Waals surface area contributed by atoms with Gasteiger partial charge in [-0.15, -0.1) is 0 Å². The Morgan fingerprint density at radius 2 is 1.68 bits per heavy atom. The average Bonchev–Trinajstić information content (AvgIpc) is 2.68. The summed E-state index contributed by atoms with van der Waals surface area (Å²) in [5.74, 6) is -0.143. The lowest BCUT2D eigenvalue weighted by Gasteiger charge is -2.32. The van der Waals surface area contributed by atoms with Crippen molar-refractivity contribution in [3.8, 4) is 0 Å². The van der Waals surface area contributed by atoms with E-state index in [9.17, 15) is 9.59 Å². The molecule has 3 rings (SSSR count). The van der Waals surface area contributed by atoms with Gasteiger partial charge in [-0.25, -0.2) is 0 Å². The standard InChI is InChI=1S/C22H22Cl2N2O2/c1-15-5-2-3-6-17(15)22(28)25-16-11-13-26(14-12-16)21(27)10-9-18-19(23)7-4-8-20(18)24/h2-10,16H,11-14H2,1H3,(H,25,28)/b10-9+. The first-order valence-corrected chi connectivity index (χ1v) is 9.99. The highest BCUT2D eigenvalue weighted by Gasteiger charge is 2.23. The Morgan fingerprint density at radius 1 is 1.04 bits per heavy atom. The van der Waals surface area contributed by atoms with E-state index >= 15 is 0 Å². The van der Waals surface area contributed by atoms with Gasteiger partial charge in [0, 0.05) is 46.4 Å². The Balaban J connectivity index is 1.54. The molecule has 0 radical (unpaired) electrons. The Labute approximate surface area is 175 Å². The van der Waals surface area contributed by atoms with Crippen LogP contribution in [-0.4, -0.2) is 35.8 Å². The highest BCUT2D eigenvalue weighted by molar-refractivity contribution is 6.37. The summed E-state index contributed by atoms with van der Waals surface area (Å²) in [6, 6.07) is 12.8. The molecule has 0 spiro atoms. The summed E-state index contributed by atoms with van der Waals surface area (Å²) in [5, 5.41) is 4.10. The molecule has 0 aromatic heterocycles. The third-order valence-corrected chi connectivity index (χ3v) is 5.58. The zero-order valence-corrected chi connectivity index (χ0v) is 17.1. The van der Waals surface area contributed by atoms with Crippen LogP contribution in [0.5, 0.6) is 0 Å². The topological polar surface area (TPSA) is 49.4 Å². The monoisotopic (exact) mass is 416 g/mol. The minimum Gasteiger partial charge on any atom is -0.349 e. The number of nitrogens with one attached hydrogen (secondary N) is 1. The molecule has 0 saturated carbocycles. The van der Waals surface area contributed by atoms with Crippen LogP contribution in [0.15, 0.2) is 48.5 Å². The van der Waals surface area contributed by atoms with Gasteiger partial charge in [0.25, 0.3) is 5.91 Å². The molecular formula is C22H22Cl2N2O2. The molecule has 28 heavy (non-hydrogen) atoms. The molecule has 146 valence electrons. The van der Waals surface area contributed by atoms with Crippen LogP contribution < -0.4 is 5.32 Å². The second kappa shape index (κ2) is 9.26. The summed E-state index contributed by atoms with van der Waals surface area (Å²) in [7, 11) is 0. The fourth-order valence-electron chi connectivity index (χ4n) is 3.26. The molecule has 2 amide bonds. The predicted molar refractivity (Wildman–Crippen MR) is 114 cm³/mol. The number of nitrogens with zero attached hydrogens (tertiary/aromatic N) is 1. The Hall–Kier alpha value is -2.30. The molecule has 1 aliphatic rings. The van der Waals surface area contributed by atoms with Crippen molar-refractivity contribution in [2.24, 2.45) is 0 Å². The van der Waals surface area contributed by atoms with Crippen molar-refractivity contribution in [1.29, 1.82) is 0 Å². The number of hydrogen-bond donors (Lipinski definition) is 1.